The second-order valence-electron chi connectivity index (χ2n) is 5.99. The minimum atomic E-state index is -0.342. The Morgan fingerprint density at radius 3 is 2.54 bits per heavy atom. The van der Waals surface area contributed by atoms with Gasteiger partial charge >= 0.3 is 0 Å². The molecule has 0 aliphatic heterocycles. The van der Waals surface area contributed by atoms with Gasteiger partial charge in [0.05, 0.1) is 10.7 Å². The van der Waals surface area contributed by atoms with Crippen LogP contribution in [0.1, 0.15) is 11.3 Å². The first-order valence-corrected chi connectivity index (χ1v) is 8.52. The van der Waals surface area contributed by atoms with Gasteiger partial charge in [-0.2, -0.15) is 0 Å². The Labute approximate surface area is 156 Å². The van der Waals surface area contributed by atoms with E-state index in [9.17, 15) is 9.59 Å². The molecule has 0 fully saturated rings. The first-order chi connectivity index (χ1) is 12.5. The molecule has 0 aliphatic rings. The average molecular weight is 368 g/mol. The van der Waals surface area contributed by atoms with Gasteiger partial charge in [0, 0.05) is 17.3 Å². The maximum Gasteiger partial charge on any atom is 0.254 e. The van der Waals surface area contributed by atoms with E-state index in [1.54, 1.807) is 13.0 Å². The largest absolute Gasteiger partial charge is 0.323 e. The van der Waals surface area contributed by atoms with Gasteiger partial charge in [0.2, 0.25) is 5.91 Å². The minimum absolute atomic E-state index is 0.152. The maximum absolute atomic E-state index is 12.5. The smallest absolute Gasteiger partial charge is 0.254 e. The molecule has 26 heavy (non-hydrogen) atoms. The first kappa shape index (κ1) is 17.9. The number of aryl methyl sites for hydroxylation is 2. The fourth-order valence-corrected chi connectivity index (χ4v) is 2.96. The zero-order valence-corrected chi connectivity index (χ0v) is 15.2. The third-order valence-corrected chi connectivity index (χ3v) is 4.27. The summed E-state index contributed by atoms with van der Waals surface area (Å²) in [5, 5.41) is 3.24. The lowest BCUT2D eigenvalue weighted by Crippen LogP contribution is -2.29. The molecule has 0 bridgehead atoms. The fourth-order valence-electron chi connectivity index (χ4n) is 2.69. The van der Waals surface area contributed by atoms with Crippen molar-refractivity contribution in [2.75, 3.05) is 5.32 Å². The molecule has 132 valence electrons. The molecule has 0 aliphatic carbocycles. The average Bonchev–Trinajstić information content (AvgIpc) is 2.61. The van der Waals surface area contributed by atoms with Crippen LogP contribution in [-0.4, -0.2) is 15.5 Å². The van der Waals surface area contributed by atoms with Crippen molar-refractivity contribution in [2.24, 2.45) is 0 Å². The molecule has 0 radical (unpaired) electrons. The van der Waals surface area contributed by atoms with Crippen molar-refractivity contribution >= 4 is 23.2 Å². The molecular weight excluding hydrogens is 350 g/mol. The highest BCUT2D eigenvalue weighted by Crippen LogP contribution is 2.25. The number of rotatable bonds is 4. The van der Waals surface area contributed by atoms with Crippen LogP contribution < -0.4 is 10.9 Å². The van der Waals surface area contributed by atoms with E-state index < -0.39 is 0 Å². The van der Waals surface area contributed by atoms with Crippen molar-refractivity contribution in [2.45, 2.75) is 20.4 Å². The summed E-state index contributed by atoms with van der Waals surface area (Å²) >= 11 is 6.16. The quantitative estimate of drug-likeness (QED) is 0.762. The number of anilines is 1. The van der Waals surface area contributed by atoms with E-state index >= 15 is 0 Å². The summed E-state index contributed by atoms with van der Waals surface area (Å²) in [5.74, 6) is 0.118. The summed E-state index contributed by atoms with van der Waals surface area (Å²) in [5.41, 5.74) is 2.50. The Morgan fingerprint density at radius 1 is 1.12 bits per heavy atom. The lowest BCUT2D eigenvalue weighted by atomic mass is 10.2. The first-order valence-electron chi connectivity index (χ1n) is 8.14. The zero-order chi connectivity index (χ0) is 18.7. The second-order valence-corrected chi connectivity index (χ2v) is 6.40. The number of amides is 1. The van der Waals surface area contributed by atoms with Crippen LogP contribution in [0.15, 0.2) is 59.4 Å². The van der Waals surface area contributed by atoms with Crippen molar-refractivity contribution in [3.8, 4) is 11.4 Å². The van der Waals surface area contributed by atoms with Gasteiger partial charge < -0.3 is 5.32 Å². The van der Waals surface area contributed by atoms with Crippen LogP contribution in [0.3, 0.4) is 0 Å². The number of para-hydroxylation sites is 1. The van der Waals surface area contributed by atoms with Gasteiger partial charge in [0.25, 0.3) is 5.56 Å². The van der Waals surface area contributed by atoms with E-state index in [1.165, 1.54) is 10.6 Å². The van der Waals surface area contributed by atoms with Crippen molar-refractivity contribution < 1.29 is 4.79 Å². The number of hydrogen-bond acceptors (Lipinski definition) is 3. The minimum Gasteiger partial charge on any atom is -0.323 e. The summed E-state index contributed by atoms with van der Waals surface area (Å²) < 4.78 is 1.36. The molecule has 0 spiro atoms. The molecule has 5 nitrogen and oxygen atoms in total. The Morgan fingerprint density at radius 2 is 1.85 bits per heavy atom. The molecule has 0 saturated heterocycles. The van der Waals surface area contributed by atoms with Crippen LogP contribution >= 0.6 is 11.6 Å². The molecule has 0 saturated carbocycles. The van der Waals surface area contributed by atoms with E-state index in [-0.39, 0.29) is 18.0 Å². The van der Waals surface area contributed by atoms with Crippen molar-refractivity contribution in [3.05, 3.63) is 81.2 Å². The zero-order valence-electron chi connectivity index (χ0n) is 14.5. The van der Waals surface area contributed by atoms with Gasteiger partial charge in [-0.3, -0.25) is 14.2 Å². The van der Waals surface area contributed by atoms with Crippen molar-refractivity contribution in [1.82, 2.24) is 9.55 Å². The highest BCUT2D eigenvalue weighted by atomic mass is 35.5. The van der Waals surface area contributed by atoms with Gasteiger partial charge in [-0.1, -0.05) is 54.1 Å². The summed E-state index contributed by atoms with van der Waals surface area (Å²) in [6, 6.07) is 16.1. The number of hydrogen-bond donors (Lipinski definition) is 1. The Hall–Kier alpha value is -2.92. The Bertz CT molecular complexity index is 993. The van der Waals surface area contributed by atoms with Gasteiger partial charge in [0.15, 0.2) is 0 Å². The number of halogens is 1. The van der Waals surface area contributed by atoms with E-state index in [4.69, 9.17) is 11.6 Å². The third kappa shape index (κ3) is 3.83. The normalized spacial score (nSPS) is 10.6. The molecule has 1 heterocycles. The molecule has 0 unspecified atom stereocenters. The molecule has 2 aromatic carbocycles. The number of benzene rings is 2. The number of nitrogens with zero attached hydrogens (tertiary/aromatic N) is 2. The standard InChI is InChI=1S/C20H18ClN3O2/c1-13-7-6-10-16(21)19(13)23-17(25)12-24-18(26)11-14(2)22-20(24)15-8-4-3-5-9-15/h3-11H,12H2,1-2H3,(H,23,25). The summed E-state index contributed by atoms with van der Waals surface area (Å²) in [7, 11) is 0. The Kier molecular flexibility index (Phi) is 5.19. The summed E-state index contributed by atoms with van der Waals surface area (Å²) in [6.07, 6.45) is 0. The molecule has 1 amide bonds. The number of carbonyl (C=O) groups is 1. The van der Waals surface area contributed by atoms with Gasteiger partial charge in [-0.15, -0.1) is 0 Å². The second kappa shape index (κ2) is 7.54. The molecule has 1 N–H and O–H groups in total. The van der Waals surface area contributed by atoms with Crippen molar-refractivity contribution in [1.29, 1.82) is 0 Å². The van der Waals surface area contributed by atoms with Gasteiger partial charge in [-0.25, -0.2) is 4.98 Å². The topological polar surface area (TPSA) is 64.0 Å². The van der Waals surface area contributed by atoms with E-state index in [2.05, 4.69) is 10.3 Å². The maximum atomic E-state index is 12.5. The van der Waals surface area contributed by atoms with Gasteiger partial charge in [0.1, 0.15) is 12.4 Å². The summed E-state index contributed by atoms with van der Waals surface area (Å²) in [6.45, 7) is 3.46. The molecule has 6 heteroatoms. The molecular formula is C20H18ClN3O2. The predicted molar refractivity (Wildman–Crippen MR) is 103 cm³/mol. The third-order valence-electron chi connectivity index (χ3n) is 3.96. The molecule has 3 aromatic rings. The van der Waals surface area contributed by atoms with E-state index in [1.807, 2.05) is 49.4 Å². The van der Waals surface area contributed by atoms with E-state index in [0.29, 0.717) is 22.2 Å². The lowest BCUT2D eigenvalue weighted by molar-refractivity contribution is -0.116. The van der Waals surface area contributed by atoms with Crippen LogP contribution in [0.25, 0.3) is 11.4 Å². The van der Waals surface area contributed by atoms with E-state index in [0.717, 1.165) is 11.1 Å². The van der Waals surface area contributed by atoms with Crippen LogP contribution in [-0.2, 0) is 11.3 Å². The highest BCUT2D eigenvalue weighted by Gasteiger charge is 2.14. The highest BCUT2D eigenvalue weighted by molar-refractivity contribution is 6.33. The lowest BCUT2D eigenvalue weighted by Gasteiger charge is -2.14. The Balaban J connectivity index is 1.95. The number of aromatic nitrogens is 2. The van der Waals surface area contributed by atoms with Gasteiger partial charge in [-0.05, 0) is 25.5 Å². The molecule has 1 aromatic heterocycles. The monoisotopic (exact) mass is 367 g/mol. The van der Waals surface area contributed by atoms with Crippen LogP contribution in [0.2, 0.25) is 5.02 Å². The van der Waals surface area contributed by atoms with Crippen LogP contribution in [0, 0.1) is 13.8 Å². The number of carbonyl (C=O) groups excluding carboxylic acids is 1. The summed E-state index contributed by atoms with van der Waals surface area (Å²) in [4.78, 5) is 29.5. The number of nitrogens with one attached hydrogen (secondary N) is 1. The molecule has 0 atom stereocenters. The van der Waals surface area contributed by atoms with Crippen LogP contribution in [0.5, 0.6) is 0 Å². The fraction of sp³-hybridized carbons (Fsp3) is 0.150. The van der Waals surface area contributed by atoms with Crippen LogP contribution in [0.4, 0.5) is 5.69 Å². The SMILES string of the molecule is Cc1cc(=O)n(CC(=O)Nc2c(C)cccc2Cl)c(-c2ccccc2)n1. The van der Waals surface area contributed by atoms with Crippen molar-refractivity contribution in [3.63, 3.8) is 0 Å². The predicted octanol–water partition coefficient (Wildman–Crippen LogP) is 3.82. The molecule has 3 rings (SSSR count).